The van der Waals surface area contributed by atoms with E-state index in [9.17, 15) is 47.9 Å². The van der Waals surface area contributed by atoms with Gasteiger partial charge >= 0.3 is 0 Å². The van der Waals surface area contributed by atoms with Gasteiger partial charge in [-0.3, -0.25) is 47.9 Å². The Bertz CT molecular complexity index is 2270. The molecule has 4 atom stereocenters. The van der Waals surface area contributed by atoms with E-state index in [1.54, 1.807) is 11.8 Å². The fourth-order valence-corrected chi connectivity index (χ4v) is 10.6. The second-order valence-corrected chi connectivity index (χ2v) is 27.2. The number of carbonyl (C=O) groups is 10. The van der Waals surface area contributed by atoms with Crippen LogP contribution in [0.25, 0.3) is 0 Å². The van der Waals surface area contributed by atoms with Crippen LogP contribution in [-0.4, -0.2) is 295 Å². The maximum Gasteiger partial charge on any atom is 0.234 e. The highest BCUT2D eigenvalue weighted by Crippen LogP contribution is 2.25. The standard InChI is InChI=1S/C61H115N7O17.C18H36N2O5/c1-6-8-9-10-17-57(72)63-25-12-31-78-38-44-84-45-39-79-32-13-26-64-58(73)21-18-52(7-2)55(70)49-54(20-23-60(75)66-28-15-34-81-40-46-85-47-41-82-35-16-29-67-61(76)50-68(4)5)56(71)48-53(51(3)69)19-22-59(74)65-27-14-33-80-37-43-83-42-36-77-30-11-24-62;1-3-17(16(2)21)6-7-18(22)20-9-5-11-24-13-15-25-14-12-23-10-4-8-19/h52-54H,6-50,62H2,1-5H3,(H,63,72)(H,64,73)(H,65,74)(H,66,75)(H,67,76);17H,3-15,19H2,1-2H3,(H,20,22). The predicted molar refractivity (Wildman–Crippen MR) is 422 cm³/mol. The molecule has 0 aliphatic heterocycles. The number of hydrogen-bond acceptors (Lipinski definition) is 25. The van der Waals surface area contributed by atoms with E-state index in [1.165, 1.54) is 6.92 Å². The number of ketones is 4. The van der Waals surface area contributed by atoms with Crippen molar-refractivity contribution >= 4 is 58.6 Å². The van der Waals surface area contributed by atoms with Gasteiger partial charge in [-0.2, -0.15) is 0 Å². The lowest BCUT2D eigenvalue weighted by atomic mass is 9.82. The third kappa shape index (κ3) is 75.6. The van der Waals surface area contributed by atoms with Crippen molar-refractivity contribution in [2.75, 3.05) is 232 Å². The summed E-state index contributed by atoms with van der Waals surface area (Å²) in [7, 11) is 3.68. The summed E-state index contributed by atoms with van der Waals surface area (Å²) in [6.45, 7) is 24.9. The molecular weight excluding hydrogens is 1430 g/mol. The molecule has 4 unspecified atom stereocenters. The number of nitrogens with one attached hydrogen (secondary N) is 6. The number of carbonyl (C=O) groups excluding carboxylic acids is 10. The first-order chi connectivity index (χ1) is 53.3. The molecule has 31 heteroatoms. The highest BCUT2D eigenvalue weighted by atomic mass is 16.6. The van der Waals surface area contributed by atoms with E-state index in [1.807, 2.05) is 27.9 Å². The summed E-state index contributed by atoms with van der Waals surface area (Å²) < 4.78 is 66.0. The first-order valence-corrected chi connectivity index (χ1v) is 41.0. The second kappa shape index (κ2) is 81.9. The lowest BCUT2D eigenvalue weighted by molar-refractivity contribution is -0.133. The zero-order chi connectivity index (χ0) is 81.4. The minimum absolute atomic E-state index is 0.000134. The summed E-state index contributed by atoms with van der Waals surface area (Å²) in [4.78, 5) is 128. The van der Waals surface area contributed by atoms with E-state index in [4.69, 9.17) is 68.3 Å². The Hall–Kier alpha value is -5.10. The molecule has 0 aliphatic rings. The van der Waals surface area contributed by atoms with Crippen molar-refractivity contribution in [3.05, 3.63) is 0 Å². The van der Waals surface area contributed by atoms with Gasteiger partial charge in [0.1, 0.15) is 23.1 Å². The smallest absolute Gasteiger partial charge is 0.234 e. The molecule has 0 bridgehead atoms. The lowest BCUT2D eigenvalue weighted by Gasteiger charge is -2.21. The highest BCUT2D eigenvalue weighted by molar-refractivity contribution is 5.92. The van der Waals surface area contributed by atoms with E-state index in [2.05, 4.69) is 38.8 Å². The van der Waals surface area contributed by atoms with Crippen molar-refractivity contribution in [2.24, 2.45) is 35.1 Å². The van der Waals surface area contributed by atoms with Gasteiger partial charge in [0.2, 0.25) is 35.4 Å². The highest BCUT2D eigenvalue weighted by Gasteiger charge is 2.30. The van der Waals surface area contributed by atoms with Crippen molar-refractivity contribution in [1.29, 1.82) is 0 Å². The second-order valence-electron chi connectivity index (χ2n) is 27.2. The van der Waals surface area contributed by atoms with Crippen LogP contribution in [0.4, 0.5) is 0 Å². The first kappa shape index (κ1) is 107. The maximum absolute atomic E-state index is 14.0. The fraction of sp³-hybridized carbons (Fsp3) is 0.873. The molecule has 0 saturated carbocycles. The Labute approximate surface area is 659 Å². The number of Topliss-reactive ketones (excluding diaryl/α,β-unsaturated/α-hetero) is 4. The van der Waals surface area contributed by atoms with E-state index in [0.717, 1.165) is 57.8 Å². The minimum Gasteiger partial charge on any atom is -0.379 e. The summed E-state index contributed by atoms with van der Waals surface area (Å²) in [5.74, 6) is -3.34. The molecule has 0 saturated heterocycles. The number of hydrogen-bond donors (Lipinski definition) is 8. The molecule has 0 rings (SSSR count). The van der Waals surface area contributed by atoms with E-state index in [0.29, 0.717) is 269 Å². The van der Waals surface area contributed by atoms with Gasteiger partial charge in [0.15, 0.2) is 0 Å². The molecule has 0 aromatic carbocycles. The van der Waals surface area contributed by atoms with Crippen molar-refractivity contribution in [3.8, 4) is 0 Å². The SMILES string of the molecule is CCC(CCC(=O)NCCCOCCOCCOCCCN)C(C)=O.CCCCCCC(=O)NCCCOCCOCCOCCCNC(=O)CCC(CC)C(=O)CC(CCC(=O)NCCCOCCOCCOCCCNC(=O)CN(C)C)C(=O)CC(CCC(=O)NCCCOCCOCCOCCCN)C(C)=O. The largest absolute Gasteiger partial charge is 0.379 e. The van der Waals surface area contributed by atoms with Crippen molar-refractivity contribution in [1.82, 2.24) is 36.8 Å². The van der Waals surface area contributed by atoms with Crippen LogP contribution in [-0.2, 0) is 105 Å². The van der Waals surface area contributed by atoms with Gasteiger partial charge in [0, 0.05) is 161 Å². The lowest BCUT2D eigenvalue weighted by Crippen LogP contribution is -2.34. The summed E-state index contributed by atoms with van der Waals surface area (Å²) in [5, 5.41) is 17.2. The molecule has 0 aromatic rings. The average molecular weight is 1580 g/mol. The minimum atomic E-state index is -0.841. The number of rotatable bonds is 83. The molecule has 0 aromatic heterocycles. The van der Waals surface area contributed by atoms with Crippen molar-refractivity contribution in [2.45, 2.75) is 195 Å². The Kier molecular flexibility index (Phi) is 79.6. The zero-order valence-electron chi connectivity index (χ0n) is 68.9. The van der Waals surface area contributed by atoms with Gasteiger partial charge in [0.05, 0.1) is 112 Å². The molecule has 0 fully saturated rings. The van der Waals surface area contributed by atoms with E-state index >= 15 is 0 Å². The molecule has 0 aliphatic carbocycles. The summed E-state index contributed by atoms with van der Waals surface area (Å²) in [5.41, 5.74) is 10.8. The van der Waals surface area contributed by atoms with Gasteiger partial charge in [0.25, 0.3) is 0 Å². The van der Waals surface area contributed by atoms with Crippen LogP contribution in [0.15, 0.2) is 0 Å². The number of amides is 6. The third-order valence-electron chi connectivity index (χ3n) is 17.2. The molecule has 6 amide bonds. The van der Waals surface area contributed by atoms with E-state index in [-0.39, 0.29) is 116 Å². The normalized spacial score (nSPS) is 12.3. The van der Waals surface area contributed by atoms with Gasteiger partial charge in [-0.25, -0.2) is 0 Å². The molecule has 0 spiro atoms. The summed E-state index contributed by atoms with van der Waals surface area (Å²) in [6.07, 6.45) is 13.1. The van der Waals surface area contributed by atoms with Crippen LogP contribution in [0.2, 0.25) is 0 Å². The molecule has 644 valence electrons. The van der Waals surface area contributed by atoms with E-state index < -0.39 is 17.8 Å². The Morgan fingerprint density at radius 1 is 0.282 bits per heavy atom. The monoisotopic (exact) mass is 1580 g/mol. The number of ether oxygens (including phenoxy) is 12. The molecular formula is C79H151N9O22. The Balaban J connectivity index is 0. The van der Waals surface area contributed by atoms with Crippen LogP contribution in [0.1, 0.15) is 195 Å². The number of unbranched alkanes of at least 4 members (excludes halogenated alkanes) is 3. The molecule has 10 N–H and O–H groups in total. The fourth-order valence-electron chi connectivity index (χ4n) is 10.6. The zero-order valence-corrected chi connectivity index (χ0v) is 68.9. The Morgan fingerprint density at radius 3 is 0.809 bits per heavy atom. The number of likely N-dealkylation sites (N-methyl/N-ethyl adjacent to an activating group) is 1. The van der Waals surface area contributed by atoms with Crippen LogP contribution >= 0.6 is 0 Å². The molecule has 110 heavy (non-hydrogen) atoms. The molecule has 31 nitrogen and oxygen atoms in total. The van der Waals surface area contributed by atoms with Gasteiger partial charge in [-0.05, 0) is 137 Å². The molecule has 0 radical (unpaired) electrons. The quantitative estimate of drug-likeness (QED) is 0.0374. The summed E-state index contributed by atoms with van der Waals surface area (Å²) in [6, 6.07) is 0. The van der Waals surface area contributed by atoms with Gasteiger partial charge in [-0.15, -0.1) is 0 Å². The van der Waals surface area contributed by atoms with Crippen LogP contribution < -0.4 is 43.4 Å². The average Bonchev–Trinajstić information content (AvgIpc) is 0.875. The third-order valence-corrected chi connectivity index (χ3v) is 17.2. The summed E-state index contributed by atoms with van der Waals surface area (Å²) >= 11 is 0. The van der Waals surface area contributed by atoms with Crippen molar-refractivity contribution in [3.63, 3.8) is 0 Å². The van der Waals surface area contributed by atoms with Crippen LogP contribution in [0.5, 0.6) is 0 Å². The predicted octanol–water partition coefficient (Wildman–Crippen LogP) is 4.94. The Morgan fingerprint density at radius 2 is 0.527 bits per heavy atom. The number of nitrogens with zero attached hydrogens (tertiary/aromatic N) is 1. The molecule has 0 heterocycles. The van der Waals surface area contributed by atoms with Crippen molar-refractivity contribution < 1.29 is 105 Å². The number of nitrogens with two attached hydrogens (primary N) is 2. The van der Waals surface area contributed by atoms with Crippen LogP contribution in [0, 0.1) is 23.7 Å². The maximum atomic E-state index is 14.0. The van der Waals surface area contributed by atoms with Gasteiger partial charge < -0.3 is 105 Å². The first-order valence-electron chi connectivity index (χ1n) is 41.0. The van der Waals surface area contributed by atoms with Gasteiger partial charge in [-0.1, -0.05) is 40.0 Å². The van der Waals surface area contributed by atoms with Crippen LogP contribution in [0.3, 0.4) is 0 Å². The topological polar surface area (TPSA) is 409 Å².